The van der Waals surface area contributed by atoms with Gasteiger partial charge in [0.15, 0.2) is 0 Å². The van der Waals surface area contributed by atoms with Crippen molar-refractivity contribution < 1.29 is 4.79 Å². The first kappa shape index (κ1) is 13.2. The summed E-state index contributed by atoms with van der Waals surface area (Å²) in [5, 5.41) is 11.9. The minimum absolute atomic E-state index is 0.0767. The van der Waals surface area contributed by atoms with Gasteiger partial charge in [0.2, 0.25) is 5.91 Å². The van der Waals surface area contributed by atoms with Crippen LogP contribution in [0.5, 0.6) is 0 Å². The Hall–Kier alpha value is -1.82. The van der Waals surface area contributed by atoms with Crippen LogP contribution in [-0.4, -0.2) is 11.9 Å². The third-order valence-electron chi connectivity index (χ3n) is 2.47. The molecule has 1 unspecified atom stereocenters. The van der Waals surface area contributed by atoms with E-state index in [9.17, 15) is 4.79 Å². The largest absolute Gasteiger partial charge is 0.354 e. The van der Waals surface area contributed by atoms with Gasteiger partial charge in [0, 0.05) is 12.5 Å². The molecule has 1 aromatic carbocycles. The second kappa shape index (κ2) is 6.05. The summed E-state index contributed by atoms with van der Waals surface area (Å²) in [5.41, 5.74) is 2.05. The highest BCUT2D eigenvalue weighted by molar-refractivity contribution is 5.77. The third-order valence-corrected chi connectivity index (χ3v) is 2.47. The average Bonchev–Trinajstić information content (AvgIpc) is 2.26. The molecule has 0 aliphatic heterocycles. The van der Waals surface area contributed by atoms with E-state index in [-0.39, 0.29) is 24.3 Å². The molecule has 90 valence electrons. The van der Waals surface area contributed by atoms with Crippen molar-refractivity contribution in [3.05, 3.63) is 35.4 Å². The normalized spacial score (nSPS) is 11.9. The van der Waals surface area contributed by atoms with Crippen molar-refractivity contribution in [2.75, 3.05) is 0 Å². The Morgan fingerprint density at radius 2 is 1.94 bits per heavy atom. The van der Waals surface area contributed by atoms with Gasteiger partial charge in [0.05, 0.1) is 12.0 Å². The quantitative estimate of drug-likeness (QED) is 0.864. The third kappa shape index (κ3) is 4.28. The van der Waals surface area contributed by atoms with E-state index >= 15 is 0 Å². The summed E-state index contributed by atoms with van der Waals surface area (Å²) in [6.07, 6.45) is 0.220. The van der Waals surface area contributed by atoms with Crippen LogP contribution in [0.15, 0.2) is 24.3 Å². The smallest absolute Gasteiger partial charge is 0.221 e. The summed E-state index contributed by atoms with van der Waals surface area (Å²) < 4.78 is 0. The van der Waals surface area contributed by atoms with E-state index in [2.05, 4.69) is 11.4 Å². The molecule has 0 aromatic heterocycles. The van der Waals surface area contributed by atoms with Gasteiger partial charge < -0.3 is 5.32 Å². The van der Waals surface area contributed by atoms with Crippen LogP contribution in [-0.2, 0) is 4.79 Å². The lowest BCUT2D eigenvalue weighted by atomic mass is 9.96. The Bertz CT molecular complexity index is 415. The van der Waals surface area contributed by atoms with Gasteiger partial charge in [0.1, 0.15) is 0 Å². The number of nitrogens with one attached hydrogen (secondary N) is 1. The Labute approximate surface area is 102 Å². The highest BCUT2D eigenvalue weighted by Gasteiger charge is 2.15. The molecule has 17 heavy (non-hydrogen) atoms. The molecule has 3 heteroatoms. The maximum absolute atomic E-state index is 11.6. The number of hydrogen-bond donors (Lipinski definition) is 1. The van der Waals surface area contributed by atoms with E-state index in [1.165, 1.54) is 0 Å². The number of hydrogen-bond acceptors (Lipinski definition) is 2. The fourth-order valence-corrected chi connectivity index (χ4v) is 1.60. The standard InChI is InChI=1S/C14H18N2O/c1-10(2)16-14(17)8-13(9-15)12-6-4-11(3)5-7-12/h4-7,10,13H,8H2,1-3H3,(H,16,17). The number of nitrogens with zero attached hydrogens (tertiary/aromatic N) is 1. The first-order chi connectivity index (χ1) is 8.02. The van der Waals surface area contributed by atoms with Crippen molar-refractivity contribution in [1.29, 1.82) is 5.26 Å². The van der Waals surface area contributed by atoms with Gasteiger partial charge in [-0.2, -0.15) is 5.26 Å². The number of aryl methyl sites for hydroxylation is 1. The van der Waals surface area contributed by atoms with Gasteiger partial charge in [0.25, 0.3) is 0 Å². The van der Waals surface area contributed by atoms with Crippen molar-refractivity contribution in [2.45, 2.75) is 39.2 Å². The van der Waals surface area contributed by atoms with E-state index in [1.54, 1.807) is 0 Å². The molecule has 0 bridgehead atoms. The van der Waals surface area contributed by atoms with E-state index in [4.69, 9.17) is 5.26 Å². The van der Waals surface area contributed by atoms with Crippen LogP contribution in [0.25, 0.3) is 0 Å². The first-order valence-electron chi connectivity index (χ1n) is 5.78. The lowest BCUT2D eigenvalue weighted by molar-refractivity contribution is -0.121. The molecule has 0 saturated carbocycles. The molecule has 1 aromatic rings. The Kier molecular flexibility index (Phi) is 4.71. The fourth-order valence-electron chi connectivity index (χ4n) is 1.60. The molecule has 3 nitrogen and oxygen atoms in total. The maximum atomic E-state index is 11.6. The molecule has 0 aliphatic carbocycles. The fraction of sp³-hybridized carbons (Fsp3) is 0.429. The molecule has 1 rings (SSSR count). The molecule has 0 spiro atoms. The second-order valence-corrected chi connectivity index (χ2v) is 4.52. The minimum Gasteiger partial charge on any atom is -0.354 e. The lowest BCUT2D eigenvalue weighted by Crippen LogP contribution is -2.31. The first-order valence-corrected chi connectivity index (χ1v) is 5.78. The molecular formula is C14H18N2O. The van der Waals surface area contributed by atoms with Crippen molar-refractivity contribution in [2.24, 2.45) is 0 Å². The molecule has 1 N–H and O–H groups in total. The van der Waals surface area contributed by atoms with Gasteiger partial charge in [-0.1, -0.05) is 29.8 Å². The predicted molar refractivity (Wildman–Crippen MR) is 67.4 cm³/mol. The van der Waals surface area contributed by atoms with Gasteiger partial charge in [-0.05, 0) is 26.3 Å². The summed E-state index contributed by atoms with van der Waals surface area (Å²) in [4.78, 5) is 11.6. The van der Waals surface area contributed by atoms with E-state index in [0.717, 1.165) is 11.1 Å². The molecule has 0 heterocycles. The van der Waals surface area contributed by atoms with Gasteiger partial charge >= 0.3 is 0 Å². The topological polar surface area (TPSA) is 52.9 Å². The predicted octanol–water partition coefficient (Wildman–Crippen LogP) is 2.52. The zero-order valence-electron chi connectivity index (χ0n) is 10.5. The number of nitriles is 1. The summed E-state index contributed by atoms with van der Waals surface area (Å²) in [7, 11) is 0. The SMILES string of the molecule is Cc1ccc(C(C#N)CC(=O)NC(C)C)cc1. The molecule has 1 amide bonds. The number of benzene rings is 1. The van der Waals surface area contributed by atoms with Crippen molar-refractivity contribution >= 4 is 5.91 Å². The van der Waals surface area contributed by atoms with Crippen molar-refractivity contribution in [3.63, 3.8) is 0 Å². The van der Waals surface area contributed by atoms with E-state index < -0.39 is 0 Å². The highest BCUT2D eigenvalue weighted by Crippen LogP contribution is 2.19. The monoisotopic (exact) mass is 230 g/mol. The molecule has 0 radical (unpaired) electrons. The number of amides is 1. The van der Waals surface area contributed by atoms with Crippen LogP contribution >= 0.6 is 0 Å². The zero-order valence-corrected chi connectivity index (χ0v) is 10.5. The number of carbonyl (C=O) groups excluding carboxylic acids is 1. The zero-order chi connectivity index (χ0) is 12.8. The van der Waals surface area contributed by atoms with Crippen LogP contribution in [0.4, 0.5) is 0 Å². The maximum Gasteiger partial charge on any atom is 0.221 e. The molecular weight excluding hydrogens is 212 g/mol. The number of carbonyl (C=O) groups is 1. The van der Waals surface area contributed by atoms with Crippen molar-refractivity contribution in [1.82, 2.24) is 5.32 Å². The van der Waals surface area contributed by atoms with Crippen LogP contribution in [0.2, 0.25) is 0 Å². The lowest BCUT2D eigenvalue weighted by Gasteiger charge is -2.12. The number of rotatable bonds is 4. The molecule has 0 saturated heterocycles. The Morgan fingerprint density at radius 1 is 1.35 bits per heavy atom. The molecule has 1 atom stereocenters. The summed E-state index contributed by atoms with van der Waals surface area (Å²) in [5.74, 6) is -0.443. The molecule has 0 fully saturated rings. The average molecular weight is 230 g/mol. The van der Waals surface area contributed by atoms with Crippen LogP contribution in [0.1, 0.15) is 37.3 Å². The highest BCUT2D eigenvalue weighted by atomic mass is 16.1. The molecule has 0 aliphatic rings. The summed E-state index contributed by atoms with van der Waals surface area (Å²) in [6, 6.07) is 10.0. The minimum atomic E-state index is -0.366. The van der Waals surface area contributed by atoms with E-state index in [0.29, 0.717) is 0 Å². The van der Waals surface area contributed by atoms with E-state index in [1.807, 2.05) is 45.0 Å². The van der Waals surface area contributed by atoms with Gasteiger partial charge in [-0.3, -0.25) is 4.79 Å². The van der Waals surface area contributed by atoms with Gasteiger partial charge in [-0.15, -0.1) is 0 Å². The second-order valence-electron chi connectivity index (χ2n) is 4.52. The van der Waals surface area contributed by atoms with Crippen LogP contribution in [0, 0.1) is 18.3 Å². The summed E-state index contributed by atoms with van der Waals surface area (Å²) in [6.45, 7) is 5.81. The van der Waals surface area contributed by atoms with Crippen LogP contribution < -0.4 is 5.32 Å². The Morgan fingerprint density at radius 3 is 2.41 bits per heavy atom. The van der Waals surface area contributed by atoms with Gasteiger partial charge in [-0.25, -0.2) is 0 Å². The summed E-state index contributed by atoms with van der Waals surface area (Å²) >= 11 is 0. The van der Waals surface area contributed by atoms with Crippen LogP contribution in [0.3, 0.4) is 0 Å². The Balaban J connectivity index is 2.70. The van der Waals surface area contributed by atoms with Crippen molar-refractivity contribution in [3.8, 4) is 6.07 Å².